The lowest BCUT2D eigenvalue weighted by molar-refractivity contribution is -0.120. The van der Waals surface area contributed by atoms with Crippen molar-refractivity contribution in [2.45, 2.75) is 28.1 Å². The molecule has 0 fully saturated rings. The number of amides is 1. The van der Waals surface area contributed by atoms with Gasteiger partial charge in [-0.25, -0.2) is 0 Å². The first-order valence-electron chi connectivity index (χ1n) is 13.4. The second-order valence-corrected chi connectivity index (χ2v) is 8.93. The molecule has 0 aromatic heterocycles. The van der Waals surface area contributed by atoms with Crippen LogP contribution in [0.3, 0.4) is 0 Å². The van der Waals surface area contributed by atoms with E-state index in [1.807, 2.05) is 54.6 Å². The van der Waals surface area contributed by atoms with Gasteiger partial charge in [0.1, 0.15) is 6.61 Å². The van der Waals surface area contributed by atoms with Crippen molar-refractivity contribution in [3.63, 3.8) is 0 Å². The van der Waals surface area contributed by atoms with Crippen molar-refractivity contribution >= 4 is 11.6 Å². The van der Waals surface area contributed by atoms with Gasteiger partial charge in [0.25, 0.3) is 0 Å². The predicted octanol–water partition coefficient (Wildman–Crippen LogP) is 4.97. The van der Waals surface area contributed by atoms with Crippen LogP contribution in [-0.4, -0.2) is 52.0 Å². The predicted molar refractivity (Wildman–Crippen MR) is 176 cm³/mol. The first-order chi connectivity index (χ1) is 20.6. The molecule has 0 saturated carbocycles. The van der Waals surface area contributed by atoms with E-state index in [0.717, 1.165) is 22.3 Å². The average Bonchev–Trinajstić information content (AvgIpc) is 3.00. The lowest BCUT2D eigenvalue weighted by atomic mass is 10.1. The maximum absolute atomic E-state index is 12.4. The molecule has 0 unspecified atom stereocenters. The van der Waals surface area contributed by atoms with Crippen molar-refractivity contribution < 1.29 is 19.0 Å². The standard InChI is InChI=1S/C32H34N6O4.2CH4/c33-13-16-40-22-27-7-1-25(2-8-27)5-11-29-19-30(12-6-26-3-9-28(10-4-26)23-41-17-14-34)21-31(20-29)37-32(39)24-42-18-15-36-38-35;;/h1-4,7-10,19-21H,13-18,22-24,33-34H2,(H,37,39);2*1H4. The maximum atomic E-state index is 12.4. The number of nitrogens with one attached hydrogen (secondary N) is 1. The van der Waals surface area contributed by atoms with Crippen LogP contribution in [0, 0.1) is 23.7 Å². The average molecular weight is 599 g/mol. The molecule has 10 nitrogen and oxygen atoms in total. The topological polar surface area (TPSA) is 158 Å². The molecule has 3 rings (SSSR count). The number of rotatable bonds is 14. The third-order valence-electron chi connectivity index (χ3n) is 5.52. The minimum absolute atomic E-state index is 0. The number of carbonyl (C=O) groups is 1. The number of nitrogens with zero attached hydrogens (tertiary/aromatic N) is 3. The minimum atomic E-state index is -0.347. The zero-order chi connectivity index (χ0) is 29.8. The molecular formula is C34H42N6O4. The number of nitrogens with two attached hydrogens (primary N) is 2. The molecule has 0 atom stereocenters. The third-order valence-corrected chi connectivity index (χ3v) is 5.52. The van der Waals surface area contributed by atoms with Gasteiger partial charge in [-0.1, -0.05) is 67.9 Å². The summed E-state index contributed by atoms with van der Waals surface area (Å²) in [7, 11) is 0. The molecule has 5 N–H and O–H groups in total. The normalized spacial score (nSPS) is 9.59. The van der Waals surface area contributed by atoms with E-state index < -0.39 is 0 Å². The molecule has 0 heterocycles. The Morgan fingerprint density at radius 1 is 0.727 bits per heavy atom. The van der Waals surface area contributed by atoms with E-state index in [0.29, 0.717) is 56.3 Å². The van der Waals surface area contributed by atoms with Crippen LogP contribution in [0.2, 0.25) is 0 Å². The van der Waals surface area contributed by atoms with Gasteiger partial charge in [-0.05, 0) is 59.1 Å². The van der Waals surface area contributed by atoms with Crippen molar-refractivity contribution in [1.29, 1.82) is 0 Å². The van der Waals surface area contributed by atoms with Crippen LogP contribution in [0.1, 0.15) is 48.2 Å². The highest BCUT2D eigenvalue weighted by atomic mass is 16.5. The van der Waals surface area contributed by atoms with Gasteiger partial charge < -0.3 is 31.0 Å². The molecule has 1 amide bonds. The van der Waals surface area contributed by atoms with Gasteiger partial charge in [0, 0.05) is 52.5 Å². The molecule has 0 radical (unpaired) electrons. The zero-order valence-electron chi connectivity index (χ0n) is 23.3. The zero-order valence-corrected chi connectivity index (χ0v) is 23.3. The van der Waals surface area contributed by atoms with Crippen LogP contribution in [0.25, 0.3) is 10.4 Å². The van der Waals surface area contributed by atoms with E-state index in [1.54, 1.807) is 12.1 Å². The van der Waals surface area contributed by atoms with E-state index in [4.69, 9.17) is 31.2 Å². The van der Waals surface area contributed by atoms with Gasteiger partial charge in [-0.2, -0.15) is 0 Å². The van der Waals surface area contributed by atoms with Gasteiger partial charge in [-0.3, -0.25) is 4.79 Å². The van der Waals surface area contributed by atoms with E-state index in [9.17, 15) is 4.79 Å². The molecule has 0 aliphatic carbocycles. The van der Waals surface area contributed by atoms with Crippen LogP contribution in [0.15, 0.2) is 71.8 Å². The number of benzene rings is 3. The van der Waals surface area contributed by atoms with Crippen LogP contribution in [0.4, 0.5) is 5.69 Å². The number of carbonyl (C=O) groups excluding carboxylic acids is 1. The lowest BCUT2D eigenvalue weighted by Gasteiger charge is -2.07. The largest absolute Gasteiger partial charge is 0.375 e. The Balaban J connectivity index is 0.00000484. The molecule has 44 heavy (non-hydrogen) atoms. The van der Waals surface area contributed by atoms with Crippen LogP contribution >= 0.6 is 0 Å². The van der Waals surface area contributed by atoms with Gasteiger partial charge in [0.2, 0.25) is 5.91 Å². The summed E-state index contributed by atoms with van der Waals surface area (Å²) in [6.07, 6.45) is 0. The third kappa shape index (κ3) is 14.5. The Bertz CT molecular complexity index is 1370. The molecule has 0 aliphatic heterocycles. The summed E-state index contributed by atoms with van der Waals surface area (Å²) in [6.45, 7) is 3.10. The minimum Gasteiger partial charge on any atom is -0.375 e. The number of hydrogen-bond acceptors (Lipinski definition) is 7. The number of hydrogen-bond donors (Lipinski definition) is 3. The first kappa shape index (κ1) is 37.4. The molecule has 0 saturated heterocycles. The smallest absolute Gasteiger partial charge is 0.250 e. The SMILES string of the molecule is C.C.[N-]=[N+]=NCCOCC(=O)Nc1cc(C#Cc2ccc(COCCN)cc2)cc(C#Cc2ccc(COCCN)cc2)c1. The van der Waals surface area contributed by atoms with E-state index in [2.05, 4.69) is 39.0 Å². The molecule has 0 aliphatic rings. The summed E-state index contributed by atoms with van der Waals surface area (Å²) < 4.78 is 16.2. The summed E-state index contributed by atoms with van der Waals surface area (Å²) in [5, 5.41) is 6.21. The van der Waals surface area contributed by atoms with Crippen molar-refractivity contribution in [3.8, 4) is 23.7 Å². The lowest BCUT2D eigenvalue weighted by Crippen LogP contribution is -2.19. The molecule has 0 spiro atoms. The van der Waals surface area contributed by atoms with Gasteiger partial charge in [0.05, 0.1) is 33.0 Å². The molecule has 3 aromatic rings. The Kier molecular flexibility index (Phi) is 18.7. The summed E-state index contributed by atoms with van der Waals surface area (Å²) >= 11 is 0. The fourth-order valence-corrected chi connectivity index (χ4v) is 3.56. The van der Waals surface area contributed by atoms with Crippen molar-refractivity contribution in [1.82, 2.24) is 0 Å². The molecule has 3 aromatic carbocycles. The molecule has 10 heteroatoms. The Labute approximate surface area is 260 Å². The Morgan fingerprint density at radius 3 is 1.66 bits per heavy atom. The van der Waals surface area contributed by atoms with Crippen molar-refractivity contribution in [2.24, 2.45) is 16.6 Å². The first-order valence-corrected chi connectivity index (χ1v) is 13.4. The second kappa shape index (κ2) is 22.0. The van der Waals surface area contributed by atoms with Crippen LogP contribution < -0.4 is 16.8 Å². The van der Waals surface area contributed by atoms with Crippen molar-refractivity contribution in [2.75, 3.05) is 51.4 Å². The second-order valence-electron chi connectivity index (χ2n) is 8.93. The van der Waals surface area contributed by atoms with Gasteiger partial charge in [0.15, 0.2) is 0 Å². The highest BCUT2D eigenvalue weighted by Gasteiger charge is 2.05. The quantitative estimate of drug-likeness (QED) is 0.0781. The Morgan fingerprint density at radius 2 is 1.20 bits per heavy atom. The van der Waals surface area contributed by atoms with Gasteiger partial charge in [-0.15, -0.1) is 0 Å². The number of anilines is 1. The van der Waals surface area contributed by atoms with E-state index in [1.165, 1.54) is 0 Å². The van der Waals surface area contributed by atoms with E-state index in [-0.39, 0.29) is 40.5 Å². The van der Waals surface area contributed by atoms with Gasteiger partial charge >= 0.3 is 0 Å². The summed E-state index contributed by atoms with van der Waals surface area (Å²) in [4.78, 5) is 15.1. The molecule has 0 bridgehead atoms. The monoisotopic (exact) mass is 598 g/mol. The summed E-state index contributed by atoms with van der Waals surface area (Å²) in [5.41, 5.74) is 24.9. The summed E-state index contributed by atoms with van der Waals surface area (Å²) in [6, 6.07) is 21.0. The Hall–Kier alpha value is -4.64. The number of azide groups is 1. The highest BCUT2D eigenvalue weighted by Crippen LogP contribution is 2.15. The van der Waals surface area contributed by atoms with Crippen LogP contribution in [0.5, 0.6) is 0 Å². The fraction of sp³-hybridized carbons (Fsp3) is 0.324. The fourth-order valence-electron chi connectivity index (χ4n) is 3.56. The van der Waals surface area contributed by atoms with Crippen LogP contribution in [-0.2, 0) is 32.2 Å². The summed E-state index contributed by atoms with van der Waals surface area (Å²) in [5.74, 6) is 12.3. The van der Waals surface area contributed by atoms with E-state index >= 15 is 0 Å². The molecule has 232 valence electrons. The highest BCUT2D eigenvalue weighted by molar-refractivity contribution is 5.92. The van der Waals surface area contributed by atoms with Crippen molar-refractivity contribution in [3.05, 3.63) is 111 Å². The molecular weight excluding hydrogens is 556 g/mol. The number of ether oxygens (including phenoxy) is 3. The maximum Gasteiger partial charge on any atom is 0.250 e.